The van der Waals surface area contributed by atoms with E-state index < -0.39 is 67.6 Å². The molecule has 1 aliphatic rings. The number of nitrogens with zero attached hydrogens (tertiary/aromatic N) is 3. The van der Waals surface area contributed by atoms with Gasteiger partial charge in [0.2, 0.25) is 29.5 Å². The third-order valence-corrected chi connectivity index (χ3v) is 5.87. The summed E-state index contributed by atoms with van der Waals surface area (Å²) < 4.78 is 7.48. The summed E-state index contributed by atoms with van der Waals surface area (Å²) >= 11 is 0. The second-order valence-electron chi connectivity index (χ2n) is 8.96. The molecule has 0 bridgehead atoms. The first-order valence-corrected chi connectivity index (χ1v) is 12.6. The van der Waals surface area contributed by atoms with Crippen LogP contribution in [-0.4, -0.2) is 101 Å². The second kappa shape index (κ2) is 16.1. The number of carbonyl (C=O) groups is 6. The standard InChI is InChI=1S/C23H36N8O8/c1-14(33)15(12-32)28-21(37)11-26-19(35)9-24-18(34)8-25-20(36)10-27-22(38)13-39-17-7-5-3-4-6-16-23(17)29-30-31(16)2/h15,17,32H,3-13H2,1-2H3,(H,24,34)(H,25,36)(H,26,35)(H,27,38)(H,28,37)/t15-,17?/m1/s1. The Balaban J connectivity index is 1.60. The third kappa shape index (κ3) is 11.2. The van der Waals surface area contributed by atoms with Gasteiger partial charge in [-0.1, -0.05) is 18.1 Å². The minimum atomic E-state index is -1.06. The van der Waals surface area contributed by atoms with E-state index >= 15 is 0 Å². The highest BCUT2D eigenvalue weighted by Crippen LogP contribution is 2.28. The summed E-state index contributed by atoms with van der Waals surface area (Å²) in [6, 6.07) is -1.06. The van der Waals surface area contributed by atoms with E-state index in [9.17, 15) is 28.8 Å². The lowest BCUT2D eigenvalue weighted by molar-refractivity contribution is -0.131. The Morgan fingerprint density at radius 1 is 0.897 bits per heavy atom. The van der Waals surface area contributed by atoms with Crippen LogP contribution in [0.25, 0.3) is 0 Å². The van der Waals surface area contributed by atoms with Gasteiger partial charge in [0.05, 0.1) is 38.5 Å². The predicted molar refractivity (Wildman–Crippen MR) is 134 cm³/mol. The van der Waals surface area contributed by atoms with Crippen LogP contribution in [0.4, 0.5) is 0 Å². The van der Waals surface area contributed by atoms with E-state index in [0.717, 1.165) is 37.1 Å². The zero-order valence-corrected chi connectivity index (χ0v) is 22.1. The van der Waals surface area contributed by atoms with Crippen LogP contribution >= 0.6 is 0 Å². The Morgan fingerprint density at radius 2 is 1.46 bits per heavy atom. The number of amides is 5. The van der Waals surface area contributed by atoms with Gasteiger partial charge in [0.25, 0.3) is 0 Å². The fourth-order valence-electron chi connectivity index (χ4n) is 3.68. The molecule has 39 heavy (non-hydrogen) atoms. The fourth-order valence-corrected chi connectivity index (χ4v) is 3.68. The van der Waals surface area contributed by atoms with Crippen molar-refractivity contribution in [2.24, 2.45) is 7.05 Å². The molecule has 1 heterocycles. The topological polar surface area (TPSA) is 223 Å². The molecule has 2 atom stereocenters. The van der Waals surface area contributed by atoms with Crippen molar-refractivity contribution in [3.63, 3.8) is 0 Å². The van der Waals surface area contributed by atoms with Crippen molar-refractivity contribution in [3.8, 4) is 0 Å². The van der Waals surface area contributed by atoms with E-state index in [1.165, 1.54) is 6.92 Å². The number of aliphatic hydroxyl groups is 1. The molecule has 16 nitrogen and oxygen atoms in total. The zero-order valence-electron chi connectivity index (χ0n) is 22.1. The Hall–Kier alpha value is -3.92. The molecule has 0 aliphatic heterocycles. The van der Waals surface area contributed by atoms with Gasteiger partial charge < -0.3 is 36.4 Å². The monoisotopic (exact) mass is 552 g/mol. The van der Waals surface area contributed by atoms with Crippen molar-refractivity contribution in [2.45, 2.75) is 51.2 Å². The first kappa shape index (κ1) is 31.3. The van der Waals surface area contributed by atoms with E-state index in [1.807, 2.05) is 7.05 Å². The molecule has 1 unspecified atom stereocenters. The highest BCUT2D eigenvalue weighted by molar-refractivity contribution is 5.92. The van der Waals surface area contributed by atoms with Crippen LogP contribution in [0.2, 0.25) is 0 Å². The van der Waals surface area contributed by atoms with Gasteiger partial charge in [-0.3, -0.25) is 33.4 Å². The Kier molecular flexibility index (Phi) is 12.9. The predicted octanol–water partition coefficient (Wildman–Crippen LogP) is -3.48. The van der Waals surface area contributed by atoms with Crippen LogP contribution in [0, 0.1) is 0 Å². The third-order valence-electron chi connectivity index (χ3n) is 5.87. The molecule has 1 aliphatic carbocycles. The Labute approximate surface area is 225 Å². The number of aryl methyl sites for hydroxylation is 1. The van der Waals surface area contributed by atoms with Gasteiger partial charge in [-0.05, 0) is 26.2 Å². The quantitative estimate of drug-likeness (QED) is 0.134. The Morgan fingerprint density at radius 3 is 2.03 bits per heavy atom. The molecule has 1 aromatic heterocycles. The number of rotatable bonds is 14. The summed E-state index contributed by atoms with van der Waals surface area (Å²) in [6.07, 6.45) is 4.21. The fraction of sp³-hybridized carbons (Fsp3) is 0.652. The van der Waals surface area contributed by atoms with Gasteiger partial charge in [-0.15, -0.1) is 5.10 Å². The molecule has 6 N–H and O–H groups in total. The van der Waals surface area contributed by atoms with Crippen LogP contribution in [0.5, 0.6) is 0 Å². The summed E-state index contributed by atoms with van der Waals surface area (Å²) in [6.45, 7) is -1.36. The minimum Gasteiger partial charge on any atom is -0.394 e. The SMILES string of the molecule is CC(=O)[C@@H](CO)NC(=O)CNC(=O)CNC(=O)CNC(=O)CNC(=O)COC1CCCCCc2c1nnn2C. The van der Waals surface area contributed by atoms with E-state index in [4.69, 9.17) is 9.84 Å². The molecule has 0 fully saturated rings. The number of nitrogens with one attached hydrogen (secondary N) is 5. The molecule has 0 aromatic carbocycles. The molecule has 1 aromatic rings. The smallest absolute Gasteiger partial charge is 0.246 e. The molecule has 216 valence electrons. The summed E-state index contributed by atoms with van der Waals surface area (Å²) in [5.74, 6) is -3.60. The summed E-state index contributed by atoms with van der Waals surface area (Å²) in [5.41, 5.74) is 1.72. The van der Waals surface area contributed by atoms with Crippen LogP contribution in [0.3, 0.4) is 0 Å². The first-order valence-electron chi connectivity index (χ1n) is 12.6. The zero-order chi connectivity index (χ0) is 28.8. The van der Waals surface area contributed by atoms with Crippen molar-refractivity contribution < 1.29 is 38.6 Å². The number of ether oxygens (including phenoxy) is 1. The number of aromatic nitrogens is 3. The lowest BCUT2D eigenvalue weighted by Gasteiger charge is -2.19. The van der Waals surface area contributed by atoms with Crippen molar-refractivity contribution in [2.75, 3.05) is 39.4 Å². The van der Waals surface area contributed by atoms with Crippen LogP contribution < -0.4 is 26.6 Å². The maximum Gasteiger partial charge on any atom is 0.246 e. The highest BCUT2D eigenvalue weighted by atomic mass is 16.5. The van der Waals surface area contributed by atoms with Crippen molar-refractivity contribution in [1.82, 2.24) is 41.6 Å². The molecule has 0 saturated heterocycles. The summed E-state index contributed by atoms with van der Waals surface area (Å²) in [5, 5.41) is 28.7. The average Bonchev–Trinajstić information content (AvgIpc) is 3.25. The summed E-state index contributed by atoms with van der Waals surface area (Å²) in [7, 11) is 1.82. The molecular weight excluding hydrogens is 516 g/mol. The van der Waals surface area contributed by atoms with E-state index in [2.05, 4.69) is 36.9 Å². The van der Waals surface area contributed by atoms with E-state index in [0.29, 0.717) is 6.42 Å². The maximum atomic E-state index is 12.2. The number of fused-ring (bicyclic) bond motifs is 1. The Bertz CT molecular complexity index is 1040. The molecular formula is C23H36N8O8. The number of carbonyl (C=O) groups excluding carboxylic acids is 6. The van der Waals surface area contributed by atoms with Gasteiger partial charge in [-0.25, -0.2) is 0 Å². The second-order valence-corrected chi connectivity index (χ2v) is 8.96. The van der Waals surface area contributed by atoms with Gasteiger partial charge in [0, 0.05) is 7.05 Å². The lowest BCUT2D eigenvalue weighted by Crippen LogP contribution is -2.48. The molecule has 0 radical (unpaired) electrons. The lowest BCUT2D eigenvalue weighted by atomic mass is 9.99. The molecule has 0 spiro atoms. The molecule has 2 rings (SSSR count). The normalized spacial score (nSPS) is 15.5. The highest BCUT2D eigenvalue weighted by Gasteiger charge is 2.24. The van der Waals surface area contributed by atoms with Crippen LogP contribution in [0.15, 0.2) is 0 Å². The van der Waals surface area contributed by atoms with Gasteiger partial charge in [-0.2, -0.15) is 0 Å². The van der Waals surface area contributed by atoms with E-state index in [1.54, 1.807) is 4.68 Å². The van der Waals surface area contributed by atoms with Gasteiger partial charge in [0.15, 0.2) is 5.78 Å². The molecule has 16 heteroatoms. The number of hydrogen-bond acceptors (Lipinski definition) is 10. The average molecular weight is 553 g/mol. The summed E-state index contributed by atoms with van der Waals surface area (Å²) in [4.78, 5) is 70.6. The van der Waals surface area contributed by atoms with Crippen molar-refractivity contribution >= 4 is 35.3 Å². The van der Waals surface area contributed by atoms with Crippen molar-refractivity contribution in [3.05, 3.63) is 11.4 Å². The largest absolute Gasteiger partial charge is 0.394 e. The van der Waals surface area contributed by atoms with Gasteiger partial charge >= 0.3 is 0 Å². The number of ketones is 1. The minimum absolute atomic E-state index is 0.267. The molecule has 0 saturated carbocycles. The van der Waals surface area contributed by atoms with E-state index in [-0.39, 0.29) is 19.3 Å². The molecule has 5 amide bonds. The van der Waals surface area contributed by atoms with Crippen LogP contribution in [0.1, 0.15) is 50.1 Å². The number of aliphatic hydroxyl groups excluding tert-OH is 1. The van der Waals surface area contributed by atoms with Gasteiger partial charge in [0.1, 0.15) is 24.4 Å². The van der Waals surface area contributed by atoms with Crippen molar-refractivity contribution in [1.29, 1.82) is 0 Å². The number of hydrogen-bond donors (Lipinski definition) is 6. The number of Topliss-reactive ketones (excluding diaryl/α,β-unsaturated/α-hetero) is 1. The first-order chi connectivity index (χ1) is 18.6. The van der Waals surface area contributed by atoms with Crippen LogP contribution in [-0.2, 0) is 47.0 Å². The maximum absolute atomic E-state index is 12.2.